The lowest BCUT2D eigenvalue weighted by atomic mass is 10.1. The van der Waals surface area contributed by atoms with Crippen molar-refractivity contribution in [2.75, 3.05) is 5.32 Å². The van der Waals surface area contributed by atoms with Crippen molar-refractivity contribution in [1.29, 1.82) is 0 Å². The van der Waals surface area contributed by atoms with Gasteiger partial charge in [-0.05, 0) is 35.4 Å². The number of anilines is 1. The molecule has 0 aliphatic rings. The molecule has 7 heteroatoms. The summed E-state index contributed by atoms with van der Waals surface area (Å²) in [5.74, 6) is -1.24. The molecule has 0 saturated carbocycles. The van der Waals surface area contributed by atoms with E-state index >= 15 is 0 Å². The number of carbonyl (C=O) groups is 2. The minimum absolute atomic E-state index is 0.0909. The van der Waals surface area contributed by atoms with Gasteiger partial charge in [-0.15, -0.1) is 0 Å². The standard InChI is InChI=1S/C14H15N3O.C7H5BrO2/c15-13(9-11-5-2-1-3-6-11)14(18)17-12-7-4-8-16-10-12;8-6-3-1-2-5(4-6)7(9)10/h1-8,10,13H,9,15H2,(H,17,18);1-4H,(H,9,10)/t13-;/m0./s1. The summed E-state index contributed by atoms with van der Waals surface area (Å²) in [6, 6.07) is 19.5. The van der Waals surface area contributed by atoms with Gasteiger partial charge in [0.2, 0.25) is 0 Å². The Hall–Kier alpha value is -3.03. The molecule has 1 atom stereocenters. The van der Waals surface area contributed by atoms with Crippen LogP contribution in [0.2, 0.25) is 0 Å². The van der Waals surface area contributed by atoms with Crippen molar-refractivity contribution in [2.24, 2.45) is 0 Å². The Bertz CT molecular complexity index is 905. The zero-order valence-corrected chi connectivity index (χ0v) is 16.6. The predicted molar refractivity (Wildman–Crippen MR) is 108 cm³/mol. The molecule has 0 unspecified atom stereocenters. The second-order valence-corrected chi connectivity index (χ2v) is 6.83. The average Bonchev–Trinajstić information content (AvgIpc) is 2.70. The zero-order valence-electron chi connectivity index (χ0n) is 15.0. The quantitative estimate of drug-likeness (QED) is 0.627. The number of nitrogens with one attached hydrogen (secondary N) is 1. The average molecular weight is 442 g/mol. The summed E-state index contributed by atoms with van der Waals surface area (Å²) in [5.41, 5.74) is 5.89. The molecular formula is C21H20BrN3O3. The van der Waals surface area contributed by atoms with E-state index in [4.69, 9.17) is 0 Å². The van der Waals surface area contributed by atoms with Gasteiger partial charge in [0.1, 0.15) is 0 Å². The van der Waals surface area contributed by atoms with Gasteiger partial charge in [0.25, 0.3) is 5.91 Å². The Morgan fingerprint density at radius 1 is 1.07 bits per heavy atom. The van der Waals surface area contributed by atoms with Crippen molar-refractivity contribution >= 4 is 33.5 Å². The van der Waals surface area contributed by atoms with Gasteiger partial charge in [0, 0.05) is 17.1 Å². The van der Waals surface area contributed by atoms with Crippen LogP contribution in [-0.2, 0) is 11.2 Å². The number of halogens is 1. The summed E-state index contributed by atoms with van der Waals surface area (Å²) in [7, 11) is 0. The first kappa shape index (κ1) is 21.3. The predicted octanol–water partition coefficient (Wildman–Crippen LogP) is 1.69. The number of benzene rings is 2. The van der Waals surface area contributed by atoms with Gasteiger partial charge in [-0.1, -0.05) is 58.4 Å². The molecule has 1 amide bonds. The third-order valence-corrected chi connectivity index (χ3v) is 4.18. The van der Waals surface area contributed by atoms with Crippen molar-refractivity contribution in [3.63, 3.8) is 0 Å². The number of carbonyl (C=O) groups excluding carboxylic acids is 2. The first-order chi connectivity index (χ1) is 13.5. The summed E-state index contributed by atoms with van der Waals surface area (Å²) in [6.45, 7) is 0. The molecule has 28 heavy (non-hydrogen) atoms. The maximum atomic E-state index is 11.9. The first-order valence-corrected chi connectivity index (χ1v) is 9.30. The molecule has 1 heterocycles. The lowest BCUT2D eigenvalue weighted by molar-refractivity contribution is -0.402. The van der Waals surface area contributed by atoms with E-state index in [1.54, 1.807) is 36.7 Å². The largest absolute Gasteiger partial charge is 0.545 e. The highest BCUT2D eigenvalue weighted by molar-refractivity contribution is 9.10. The van der Waals surface area contributed by atoms with E-state index in [2.05, 4.69) is 32.0 Å². The van der Waals surface area contributed by atoms with E-state index < -0.39 is 5.97 Å². The molecule has 0 spiro atoms. The van der Waals surface area contributed by atoms with E-state index in [1.807, 2.05) is 30.3 Å². The summed E-state index contributed by atoms with van der Waals surface area (Å²) in [6.07, 6.45) is 3.92. The molecule has 6 nitrogen and oxygen atoms in total. The Kier molecular flexibility index (Phi) is 8.33. The number of nitrogens with zero attached hydrogens (tertiary/aromatic N) is 1. The second-order valence-electron chi connectivity index (χ2n) is 5.92. The van der Waals surface area contributed by atoms with Gasteiger partial charge < -0.3 is 21.0 Å². The Labute approximate surface area is 171 Å². The van der Waals surface area contributed by atoms with Crippen LogP contribution >= 0.6 is 15.9 Å². The Morgan fingerprint density at radius 3 is 2.39 bits per heavy atom. The SMILES string of the molecule is O=C([O-])c1cccc(Br)c1.[NH3+][C@@H](Cc1ccccc1)C(=O)Nc1cccnc1. The number of rotatable bonds is 5. The fraction of sp³-hybridized carbons (Fsp3) is 0.0952. The van der Waals surface area contributed by atoms with Gasteiger partial charge in [0.05, 0.1) is 17.9 Å². The van der Waals surface area contributed by atoms with Gasteiger partial charge in [-0.2, -0.15) is 0 Å². The lowest BCUT2D eigenvalue weighted by Gasteiger charge is -2.09. The molecule has 0 bridgehead atoms. The van der Waals surface area contributed by atoms with Gasteiger partial charge >= 0.3 is 0 Å². The van der Waals surface area contributed by atoms with E-state index in [0.29, 0.717) is 12.1 Å². The highest BCUT2D eigenvalue weighted by Gasteiger charge is 2.17. The molecule has 4 N–H and O–H groups in total. The van der Waals surface area contributed by atoms with Gasteiger partial charge in [-0.25, -0.2) is 0 Å². The molecule has 0 fully saturated rings. The van der Waals surface area contributed by atoms with Gasteiger partial charge in [-0.3, -0.25) is 9.78 Å². The summed E-state index contributed by atoms with van der Waals surface area (Å²) in [5, 5.41) is 13.0. The van der Waals surface area contributed by atoms with E-state index in [-0.39, 0.29) is 17.5 Å². The van der Waals surface area contributed by atoms with Crippen LogP contribution in [0.3, 0.4) is 0 Å². The maximum absolute atomic E-state index is 11.9. The third kappa shape index (κ3) is 7.30. The van der Waals surface area contributed by atoms with Crippen LogP contribution < -0.4 is 16.2 Å². The number of amides is 1. The van der Waals surface area contributed by atoms with E-state index in [1.165, 1.54) is 12.1 Å². The number of pyridine rings is 1. The first-order valence-electron chi connectivity index (χ1n) is 8.50. The van der Waals surface area contributed by atoms with Crippen LogP contribution in [0.4, 0.5) is 5.69 Å². The number of aromatic nitrogens is 1. The lowest BCUT2D eigenvalue weighted by Crippen LogP contribution is -2.67. The molecule has 0 radical (unpaired) electrons. The molecule has 144 valence electrons. The second kappa shape index (κ2) is 11.0. The Balaban J connectivity index is 0.000000237. The molecule has 3 rings (SSSR count). The Morgan fingerprint density at radius 2 is 1.82 bits per heavy atom. The normalized spacial score (nSPS) is 10.9. The molecular weight excluding hydrogens is 422 g/mol. The van der Waals surface area contributed by atoms with Crippen LogP contribution in [-0.4, -0.2) is 22.9 Å². The molecule has 0 aliphatic carbocycles. The van der Waals surface area contributed by atoms with Crippen molar-refractivity contribution in [1.82, 2.24) is 4.98 Å². The molecule has 0 saturated heterocycles. The number of carboxylic acid groups (broad SMARTS) is 1. The number of aromatic carboxylic acids is 1. The minimum Gasteiger partial charge on any atom is -0.545 e. The summed E-state index contributed by atoms with van der Waals surface area (Å²) < 4.78 is 0.745. The number of hydrogen-bond donors (Lipinski definition) is 2. The van der Waals surface area contributed by atoms with Crippen molar-refractivity contribution in [2.45, 2.75) is 12.5 Å². The smallest absolute Gasteiger partial charge is 0.282 e. The molecule has 2 aromatic carbocycles. The summed E-state index contributed by atoms with van der Waals surface area (Å²) in [4.78, 5) is 26.1. The van der Waals surface area contributed by atoms with Crippen LogP contribution in [0.25, 0.3) is 0 Å². The third-order valence-electron chi connectivity index (χ3n) is 3.69. The number of quaternary nitrogens is 1. The number of hydrogen-bond acceptors (Lipinski definition) is 4. The topological polar surface area (TPSA) is 110 Å². The maximum Gasteiger partial charge on any atom is 0.282 e. The van der Waals surface area contributed by atoms with Crippen LogP contribution in [0, 0.1) is 0 Å². The van der Waals surface area contributed by atoms with Crippen LogP contribution in [0.15, 0.2) is 83.6 Å². The molecule has 3 aromatic rings. The van der Waals surface area contributed by atoms with Crippen LogP contribution in [0.5, 0.6) is 0 Å². The highest BCUT2D eigenvalue weighted by Crippen LogP contribution is 2.10. The van der Waals surface area contributed by atoms with Crippen molar-refractivity contribution in [3.8, 4) is 0 Å². The zero-order chi connectivity index (χ0) is 20.4. The van der Waals surface area contributed by atoms with Gasteiger partial charge in [0.15, 0.2) is 6.04 Å². The monoisotopic (exact) mass is 441 g/mol. The van der Waals surface area contributed by atoms with Crippen LogP contribution in [0.1, 0.15) is 15.9 Å². The van der Waals surface area contributed by atoms with E-state index in [0.717, 1.165) is 10.0 Å². The fourth-order valence-corrected chi connectivity index (χ4v) is 2.69. The molecule has 0 aliphatic heterocycles. The highest BCUT2D eigenvalue weighted by atomic mass is 79.9. The number of carboxylic acids is 1. The fourth-order valence-electron chi connectivity index (χ4n) is 2.29. The molecule has 1 aromatic heterocycles. The van der Waals surface area contributed by atoms with E-state index in [9.17, 15) is 14.7 Å². The van der Waals surface area contributed by atoms with Crippen molar-refractivity contribution < 1.29 is 20.4 Å². The minimum atomic E-state index is -1.15. The summed E-state index contributed by atoms with van der Waals surface area (Å²) >= 11 is 3.14. The van der Waals surface area contributed by atoms with Crippen molar-refractivity contribution in [3.05, 3.63) is 94.7 Å².